The summed E-state index contributed by atoms with van der Waals surface area (Å²) < 4.78 is 5.12. The molecular weight excluding hydrogens is 236 g/mol. The number of benzene rings is 1. The van der Waals surface area contributed by atoms with Gasteiger partial charge in [0.15, 0.2) is 0 Å². The molecule has 1 aliphatic heterocycles. The fourth-order valence-corrected chi connectivity index (χ4v) is 2.44. The molecule has 0 saturated carbocycles. The second kappa shape index (κ2) is 7.66. The zero-order valence-corrected chi connectivity index (χ0v) is 12.0. The summed E-state index contributed by atoms with van der Waals surface area (Å²) >= 11 is 0. The van der Waals surface area contributed by atoms with Crippen LogP contribution in [0.25, 0.3) is 0 Å². The molecule has 106 valence electrons. The normalized spacial score (nSPS) is 19.4. The topological polar surface area (TPSA) is 32.8 Å². The van der Waals surface area contributed by atoms with E-state index in [1.807, 2.05) is 12.1 Å². The first-order chi connectivity index (χ1) is 9.31. The van der Waals surface area contributed by atoms with Crippen LogP contribution >= 0.6 is 0 Å². The van der Waals surface area contributed by atoms with Gasteiger partial charge in [-0.2, -0.15) is 0 Å². The van der Waals surface area contributed by atoms with E-state index >= 15 is 0 Å². The maximum Gasteiger partial charge on any atom is 0.111 e. The van der Waals surface area contributed by atoms with Crippen molar-refractivity contribution < 1.29 is 9.84 Å². The predicted octanol–water partition coefficient (Wildman–Crippen LogP) is 4.02. The third kappa shape index (κ3) is 4.96. The summed E-state index contributed by atoms with van der Waals surface area (Å²) in [7, 11) is 0. The summed E-state index contributed by atoms with van der Waals surface area (Å²) in [5.74, 6) is 0. The molecule has 0 spiro atoms. The van der Waals surface area contributed by atoms with Crippen molar-refractivity contribution in [1.82, 2.24) is 0 Å². The monoisotopic (exact) mass is 262 g/mol. The zero-order chi connectivity index (χ0) is 13.5. The SMILES string of the molecule is CCCCCCCCc1ccc(C(O)C2CO2)cc1. The molecule has 1 N–H and O–H groups in total. The molecule has 1 heterocycles. The van der Waals surface area contributed by atoms with E-state index in [0.29, 0.717) is 6.61 Å². The molecule has 0 bridgehead atoms. The van der Waals surface area contributed by atoms with Crippen LogP contribution in [0.3, 0.4) is 0 Å². The quantitative estimate of drug-likeness (QED) is 0.538. The van der Waals surface area contributed by atoms with Gasteiger partial charge in [-0.3, -0.25) is 0 Å². The van der Waals surface area contributed by atoms with E-state index in [2.05, 4.69) is 19.1 Å². The van der Waals surface area contributed by atoms with E-state index in [4.69, 9.17) is 4.74 Å². The highest BCUT2D eigenvalue weighted by molar-refractivity contribution is 5.25. The second-order valence-electron chi connectivity index (χ2n) is 5.58. The lowest BCUT2D eigenvalue weighted by atomic mass is 10.0. The Bertz CT molecular complexity index is 354. The molecule has 2 rings (SSSR count). The summed E-state index contributed by atoms with van der Waals surface area (Å²) in [4.78, 5) is 0. The Morgan fingerprint density at radius 3 is 2.37 bits per heavy atom. The highest BCUT2D eigenvalue weighted by Gasteiger charge is 2.32. The molecule has 2 heteroatoms. The molecule has 2 atom stereocenters. The molecule has 1 saturated heterocycles. The first-order valence-corrected chi connectivity index (χ1v) is 7.69. The zero-order valence-electron chi connectivity index (χ0n) is 12.0. The van der Waals surface area contributed by atoms with Crippen LogP contribution in [0.4, 0.5) is 0 Å². The number of rotatable bonds is 9. The van der Waals surface area contributed by atoms with Gasteiger partial charge in [-0.25, -0.2) is 0 Å². The number of hydrogen-bond donors (Lipinski definition) is 1. The Morgan fingerprint density at radius 2 is 1.74 bits per heavy atom. The van der Waals surface area contributed by atoms with E-state index in [9.17, 15) is 5.11 Å². The Kier molecular flexibility index (Phi) is 5.87. The van der Waals surface area contributed by atoms with E-state index in [0.717, 1.165) is 12.0 Å². The maximum atomic E-state index is 9.92. The fourth-order valence-electron chi connectivity index (χ4n) is 2.44. The highest BCUT2D eigenvalue weighted by atomic mass is 16.6. The van der Waals surface area contributed by atoms with Crippen LogP contribution < -0.4 is 0 Å². The van der Waals surface area contributed by atoms with Crippen molar-refractivity contribution in [1.29, 1.82) is 0 Å². The predicted molar refractivity (Wildman–Crippen MR) is 78.2 cm³/mol. The molecule has 0 radical (unpaired) electrons. The first kappa shape index (κ1) is 14.5. The number of epoxide rings is 1. The van der Waals surface area contributed by atoms with E-state index in [1.54, 1.807) is 0 Å². The van der Waals surface area contributed by atoms with Gasteiger partial charge in [-0.1, -0.05) is 63.3 Å². The van der Waals surface area contributed by atoms with Gasteiger partial charge in [0.05, 0.1) is 6.61 Å². The number of aliphatic hydroxyl groups excluding tert-OH is 1. The molecule has 2 unspecified atom stereocenters. The fraction of sp³-hybridized carbons (Fsp3) is 0.647. The van der Waals surface area contributed by atoms with Crippen LogP contribution in [0.5, 0.6) is 0 Å². The summed E-state index contributed by atoms with van der Waals surface area (Å²) in [5, 5.41) is 9.92. The van der Waals surface area contributed by atoms with Gasteiger partial charge in [0.25, 0.3) is 0 Å². The molecular formula is C17H26O2. The number of hydrogen-bond acceptors (Lipinski definition) is 2. The van der Waals surface area contributed by atoms with Crippen LogP contribution in [0.1, 0.15) is 62.7 Å². The maximum absolute atomic E-state index is 9.92. The smallest absolute Gasteiger partial charge is 0.111 e. The number of unbranched alkanes of at least 4 members (excludes halogenated alkanes) is 5. The van der Waals surface area contributed by atoms with Crippen LogP contribution in [0.15, 0.2) is 24.3 Å². The molecule has 0 aromatic heterocycles. The molecule has 0 amide bonds. The van der Waals surface area contributed by atoms with Crippen LogP contribution in [0.2, 0.25) is 0 Å². The molecule has 1 aromatic carbocycles. The molecule has 1 aromatic rings. The van der Waals surface area contributed by atoms with E-state index in [1.165, 1.54) is 44.1 Å². The highest BCUT2D eigenvalue weighted by Crippen LogP contribution is 2.27. The Balaban J connectivity index is 1.66. The van der Waals surface area contributed by atoms with Crippen molar-refractivity contribution >= 4 is 0 Å². The van der Waals surface area contributed by atoms with Crippen molar-refractivity contribution in [2.45, 2.75) is 64.1 Å². The largest absolute Gasteiger partial charge is 0.386 e. The van der Waals surface area contributed by atoms with Crippen molar-refractivity contribution in [3.05, 3.63) is 35.4 Å². The van der Waals surface area contributed by atoms with E-state index in [-0.39, 0.29) is 6.10 Å². The van der Waals surface area contributed by atoms with Crippen molar-refractivity contribution in [2.75, 3.05) is 6.61 Å². The minimum absolute atomic E-state index is 0.0319. The standard InChI is InChI=1S/C17H26O2/c1-2-3-4-5-6-7-8-14-9-11-15(12-10-14)17(18)16-13-19-16/h9-12,16-18H,2-8,13H2,1H3. The van der Waals surface area contributed by atoms with Gasteiger partial charge in [-0.05, 0) is 24.0 Å². The molecule has 1 aliphatic rings. The van der Waals surface area contributed by atoms with E-state index < -0.39 is 6.10 Å². The van der Waals surface area contributed by atoms with Crippen LogP contribution in [-0.4, -0.2) is 17.8 Å². The summed E-state index contributed by atoms with van der Waals surface area (Å²) in [5.41, 5.74) is 2.36. The average Bonchev–Trinajstić information content (AvgIpc) is 3.27. The number of aliphatic hydroxyl groups is 1. The second-order valence-corrected chi connectivity index (χ2v) is 5.58. The van der Waals surface area contributed by atoms with Gasteiger partial charge in [0.1, 0.15) is 12.2 Å². The molecule has 19 heavy (non-hydrogen) atoms. The Morgan fingerprint density at radius 1 is 1.11 bits per heavy atom. The molecule has 1 fully saturated rings. The van der Waals surface area contributed by atoms with Gasteiger partial charge >= 0.3 is 0 Å². The molecule has 0 aliphatic carbocycles. The average molecular weight is 262 g/mol. The summed E-state index contributed by atoms with van der Waals surface area (Å²) in [6.07, 6.45) is 8.78. The summed E-state index contributed by atoms with van der Waals surface area (Å²) in [6, 6.07) is 8.37. The van der Waals surface area contributed by atoms with Crippen LogP contribution in [0, 0.1) is 0 Å². The van der Waals surface area contributed by atoms with Gasteiger partial charge in [0.2, 0.25) is 0 Å². The van der Waals surface area contributed by atoms with Crippen molar-refractivity contribution in [3.8, 4) is 0 Å². The van der Waals surface area contributed by atoms with Crippen molar-refractivity contribution in [2.24, 2.45) is 0 Å². The minimum atomic E-state index is -0.442. The third-order valence-electron chi connectivity index (χ3n) is 3.85. The van der Waals surface area contributed by atoms with Gasteiger partial charge in [0, 0.05) is 0 Å². The lowest BCUT2D eigenvalue weighted by molar-refractivity contribution is 0.137. The minimum Gasteiger partial charge on any atom is -0.386 e. The first-order valence-electron chi connectivity index (χ1n) is 7.69. The number of aryl methyl sites for hydroxylation is 1. The lowest BCUT2D eigenvalue weighted by Crippen LogP contribution is -2.04. The Labute approximate surface area is 116 Å². The lowest BCUT2D eigenvalue weighted by Gasteiger charge is -2.08. The Hall–Kier alpha value is -0.860. The third-order valence-corrected chi connectivity index (χ3v) is 3.85. The van der Waals surface area contributed by atoms with Gasteiger partial charge in [-0.15, -0.1) is 0 Å². The van der Waals surface area contributed by atoms with Crippen molar-refractivity contribution in [3.63, 3.8) is 0 Å². The van der Waals surface area contributed by atoms with Crippen LogP contribution in [-0.2, 0) is 11.2 Å². The number of ether oxygens (including phenoxy) is 1. The summed E-state index contributed by atoms with van der Waals surface area (Å²) in [6.45, 7) is 2.95. The van der Waals surface area contributed by atoms with Gasteiger partial charge < -0.3 is 9.84 Å². The molecule has 2 nitrogen and oxygen atoms in total.